The molecule has 0 aliphatic rings. The molecule has 0 aliphatic carbocycles. The first-order valence-corrected chi connectivity index (χ1v) is 17.5. The zero-order valence-corrected chi connectivity index (χ0v) is 27.7. The van der Waals surface area contributed by atoms with Gasteiger partial charge in [-0.15, -0.1) is 11.3 Å². The van der Waals surface area contributed by atoms with Crippen molar-refractivity contribution >= 4 is 53.3 Å². The molecule has 4 nitrogen and oxygen atoms in total. The number of rotatable bonds is 5. The molecule has 0 spiro atoms. The van der Waals surface area contributed by atoms with Crippen LogP contribution in [-0.4, -0.2) is 19.5 Å². The van der Waals surface area contributed by atoms with E-state index in [1.807, 2.05) is 72.0 Å². The van der Waals surface area contributed by atoms with Crippen molar-refractivity contribution in [2.75, 3.05) is 0 Å². The molecule has 0 unspecified atom stereocenters. The molecule has 0 N–H and O–H groups in total. The van der Waals surface area contributed by atoms with Gasteiger partial charge in [0, 0.05) is 53.3 Å². The Labute approximate surface area is 292 Å². The van der Waals surface area contributed by atoms with E-state index in [1.165, 1.54) is 47.7 Å². The van der Waals surface area contributed by atoms with E-state index in [2.05, 4.69) is 114 Å². The molecule has 0 aliphatic heterocycles. The Kier molecular flexibility index (Phi) is 6.64. The van der Waals surface area contributed by atoms with E-state index in [-0.39, 0.29) is 0 Å². The predicted molar refractivity (Wildman–Crippen MR) is 209 cm³/mol. The van der Waals surface area contributed by atoms with Crippen molar-refractivity contribution in [3.63, 3.8) is 0 Å². The summed E-state index contributed by atoms with van der Waals surface area (Å²) in [5.74, 6) is 1.96. The van der Waals surface area contributed by atoms with Gasteiger partial charge < -0.3 is 4.57 Å². The van der Waals surface area contributed by atoms with E-state index >= 15 is 0 Å². The van der Waals surface area contributed by atoms with Crippen molar-refractivity contribution < 1.29 is 0 Å². The molecule has 0 bridgehead atoms. The molecule has 234 valence electrons. The maximum atomic E-state index is 4.97. The minimum absolute atomic E-state index is 0.647. The largest absolute Gasteiger partial charge is 0.309 e. The summed E-state index contributed by atoms with van der Waals surface area (Å²) < 4.78 is 5.03. The fraction of sp³-hybridized carbons (Fsp3) is 0. The molecule has 5 heteroatoms. The quantitative estimate of drug-likeness (QED) is 0.185. The van der Waals surface area contributed by atoms with Crippen molar-refractivity contribution in [1.82, 2.24) is 19.5 Å². The third-order valence-electron chi connectivity index (χ3n) is 9.44. The standard InChI is InChI=1S/C45H28N4S/c1-3-12-29(13-4-1)43-46-44(30-14-5-2-6-15-30)48-45(47-43)33-17-11-16-31(26-33)32-22-24-40-37(27-32)35-18-7-9-20-39(35)49(40)34-23-25-42-38(28-34)36-19-8-10-21-41(36)50-42/h1-28H. The lowest BCUT2D eigenvalue weighted by atomic mass is 10.0. The molecule has 10 rings (SSSR count). The number of fused-ring (bicyclic) bond motifs is 6. The molecule has 3 heterocycles. The Morgan fingerprint density at radius 1 is 0.340 bits per heavy atom. The minimum Gasteiger partial charge on any atom is -0.309 e. The SMILES string of the molecule is c1ccc(-c2nc(-c3ccccc3)nc(-c3cccc(-c4ccc5c(c4)c4ccccc4n5-c4ccc5sc6ccccc6c5c4)c3)n2)cc1. The van der Waals surface area contributed by atoms with E-state index in [9.17, 15) is 0 Å². The van der Waals surface area contributed by atoms with Crippen LogP contribution in [0.4, 0.5) is 0 Å². The first-order chi connectivity index (χ1) is 24.8. The van der Waals surface area contributed by atoms with E-state index in [0.717, 1.165) is 27.8 Å². The summed E-state index contributed by atoms with van der Waals surface area (Å²) in [6, 6.07) is 59.8. The van der Waals surface area contributed by atoms with Crippen LogP contribution in [0.15, 0.2) is 170 Å². The fourth-order valence-corrected chi connectivity index (χ4v) is 8.15. The lowest BCUT2D eigenvalue weighted by molar-refractivity contribution is 1.07. The first-order valence-electron chi connectivity index (χ1n) is 16.7. The van der Waals surface area contributed by atoms with Crippen LogP contribution in [-0.2, 0) is 0 Å². The highest BCUT2D eigenvalue weighted by Gasteiger charge is 2.16. The lowest BCUT2D eigenvalue weighted by Crippen LogP contribution is -2.00. The Bertz CT molecular complexity index is 2810. The van der Waals surface area contributed by atoms with Crippen molar-refractivity contribution in [3.05, 3.63) is 170 Å². The van der Waals surface area contributed by atoms with E-state index in [4.69, 9.17) is 15.0 Å². The summed E-state index contributed by atoms with van der Waals surface area (Å²) in [5.41, 5.74) is 8.65. The third-order valence-corrected chi connectivity index (χ3v) is 10.6. The highest BCUT2D eigenvalue weighted by Crippen LogP contribution is 2.39. The second-order valence-corrected chi connectivity index (χ2v) is 13.6. The van der Waals surface area contributed by atoms with Gasteiger partial charge in [0.15, 0.2) is 17.5 Å². The highest BCUT2D eigenvalue weighted by molar-refractivity contribution is 7.25. The Morgan fingerprint density at radius 3 is 1.66 bits per heavy atom. The van der Waals surface area contributed by atoms with E-state index in [0.29, 0.717) is 17.5 Å². The molecule has 0 saturated carbocycles. The van der Waals surface area contributed by atoms with Crippen LogP contribution in [0.2, 0.25) is 0 Å². The molecule has 0 atom stereocenters. The zero-order chi connectivity index (χ0) is 33.0. The molecule has 0 amide bonds. The topological polar surface area (TPSA) is 43.6 Å². The van der Waals surface area contributed by atoms with Crippen LogP contribution in [0.5, 0.6) is 0 Å². The second-order valence-electron chi connectivity index (χ2n) is 12.5. The van der Waals surface area contributed by atoms with E-state index < -0.39 is 0 Å². The number of hydrogen-bond acceptors (Lipinski definition) is 4. The molecule has 10 aromatic rings. The van der Waals surface area contributed by atoms with Gasteiger partial charge in [0.25, 0.3) is 0 Å². The minimum atomic E-state index is 0.647. The van der Waals surface area contributed by atoms with Gasteiger partial charge in [0.05, 0.1) is 11.0 Å². The van der Waals surface area contributed by atoms with Crippen molar-refractivity contribution in [1.29, 1.82) is 0 Å². The zero-order valence-electron chi connectivity index (χ0n) is 26.9. The maximum Gasteiger partial charge on any atom is 0.164 e. The monoisotopic (exact) mass is 656 g/mol. The number of benzene rings is 7. The smallest absolute Gasteiger partial charge is 0.164 e. The van der Waals surface area contributed by atoms with Crippen LogP contribution < -0.4 is 0 Å². The third kappa shape index (κ3) is 4.79. The van der Waals surface area contributed by atoms with Crippen LogP contribution in [0.1, 0.15) is 0 Å². The Hall–Kier alpha value is -6.43. The van der Waals surface area contributed by atoms with Crippen LogP contribution in [0.25, 0.3) is 93.0 Å². The molecule has 0 fully saturated rings. The molecular weight excluding hydrogens is 629 g/mol. The molecule has 50 heavy (non-hydrogen) atoms. The van der Waals surface area contributed by atoms with Gasteiger partial charge in [-0.05, 0) is 59.7 Å². The molecule has 3 aromatic heterocycles. The summed E-state index contributed by atoms with van der Waals surface area (Å²) in [5, 5.41) is 5.05. The molecule has 7 aromatic carbocycles. The molecule has 0 saturated heterocycles. The number of aromatic nitrogens is 4. The van der Waals surface area contributed by atoms with Gasteiger partial charge in [0.1, 0.15) is 0 Å². The van der Waals surface area contributed by atoms with Gasteiger partial charge >= 0.3 is 0 Å². The average molecular weight is 657 g/mol. The lowest BCUT2D eigenvalue weighted by Gasteiger charge is -2.10. The summed E-state index contributed by atoms with van der Waals surface area (Å²) in [4.78, 5) is 14.8. The fourth-order valence-electron chi connectivity index (χ4n) is 7.06. The highest BCUT2D eigenvalue weighted by atomic mass is 32.1. The van der Waals surface area contributed by atoms with Gasteiger partial charge in [-0.3, -0.25) is 0 Å². The summed E-state index contributed by atoms with van der Waals surface area (Å²) in [6.07, 6.45) is 0. The predicted octanol–water partition coefficient (Wildman–Crippen LogP) is 12.0. The average Bonchev–Trinajstić information content (AvgIpc) is 3.73. The second kappa shape index (κ2) is 11.6. The number of hydrogen-bond donors (Lipinski definition) is 0. The van der Waals surface area contributed by atoms with Crippen molar-refractivity contribution in [2.45, 2.75) is 0 Å². The maximum absolute atomic E-state index is 4.97. The first kappa shape index (κ1) is 28.6. The summed E-state index contributed by atoms with van der Waals surface area (Å²) >= 11 is 1.85. The van der Waals surface area contributed by atoms with Crippen molar-refractivity contribution in [3.8, 4) is 51.0 Å². The Morgan fingerprint density at radius 2 is 0.900 bits per heavy atom. The van der Waals surface area contributed by atoms with Crippen LogP contribution in [0.3, 0.4) is 0 Å². The number of thiophene rings is 1. The summed E-state index contributed by atoms with van der Waals surface area (Å²) in [7, 11) is 0. The Balaban J connectivity index is 1.11. The van der Waals surface area contributed by atoms with Gasteiger partial charge in [0.2, 0.25) is 0 Å². The van der Waals surface area contributed by atoms with Crippen LogP contribution >= 0.6 is 11.3 Å². The summed E-state index contributed by atoms with van der Waals surface area (Å²) in [6.45, 7) is 0. The molecular formula is C45H28N4S. The van der Waals surface area contributed by atoms with Gasteiger partial charge in [-0.25, -0.2) is 15.0 Å². The van der Waals surface area contributed by atoms with Gasteiger partial charge in [-0.2, -0.15) is 0 Å². The van der Waals surface area contributed by atoms with Crippen molar-refractivity contribution in [2.24, 2.45) is 0 Å². The number of nitrogens with zero attached hydrogens (tertiary/aromatic N) is 4. The van der Waals surface area contributed by atoms with E-state index in [1.54, 1.807) is 0 Å². The van der Waals surface area contributed by atoms with Crippen LogP contribution in [0, 0.1) is 0 Å². The number of para-hydroxylation sites is 1. The normalized spacial score (nSPS) is 11.6. The van der Waals surface area contributed by atoms with Gasteiger partial charge in [-0.1, -0.05) is 121 Å². The molecule has 0 radical (unpaired) electrons.